The van der Waals surface area contributed by atoms with Crippen LogP contribution >= 0.6 is 0 Å². The Bertz CT molecular complexity index is 543. The second-order valence-electron chi connectivity index (χ2n) is 7.33. The summed E-state index contributed by atoms with van der Waals surface area (Å²) in [6.45, 7) is 4.14. The summed E-state index contributed by atoms with van der Waals surface area (Å²) in [4.78, 5) is 14.4. The van der Waals surface area contributed by atoms with Crippen LogP contribution < -0.4 is 5.32 Å². The highest BCUT2D eigenvalue weighted by Crippen LogP contribution is 2.47. The van der Waals surface area contributed by atoms with Gasteiger partial charge >= 0.3 is 6.03 Å². The standard InChI is InChI=1S/C19H28N2O3/c1-15(22)11-17-13-24-10-9-21(17)18(23)20-14-19(7-8-19)12-16-5-3-2-4-6-16/h2-6,15,17,22H,7-14H2,1H3,(H,20,23)/t15-,17-/m0/s1. The van der Waals surface area contributed by atoms with E-state index in [1.54, 1.807) is 6.92 Å². The molecule has 1 saturated heterocycles. The number of amides is 2. The van der Waals surface area contributed by atoms with Gasteiger partial charge in [-0.15, -0.1) is 0 Å². The lowest BCUT2D eigenvalue weighted by Gasteiger charge is -2.36. The number of ether oxygens (including phenoxy) is 1. The molecule has 0 radical (unpaired) electrons. The molecule has 0 spiro atoms. The van der Waals surface area contributed by atoms with Gasteiger partial charge in [-0.1, -0.05) is 30.3 Å². The van der Waals surface area contributed by atoms with Crippen molar-refractivity contribution >= 4 is 6.03 Å². The van der Waals surface area contributed by atoms with E-state index < -0.39 is 6.10 Å². The van der Waals surface area contributed by atoms with Gasteiger partial charge < -0.3 is 20.1 Å². The lowest BCUT2D eigenvalue weighted by molar-refractivity contribution is -0.00451. The minimum absolute atomic E-state index is 0.0247. The van der Waals surface area contributed by atoms with Crippen molar-refractivity contribution in [2.45, 2.75) is 44.8 Å². The molecular weight excluding hydrogens is 304 g/mol. The van der Waals surface area contributed by atoms with E-state index in [0.29, 0.717) is 26.2 Å². The van der Waals surface area contributed by atoms with E-state index in [-0.39, 0.29) is 17.5 Å². The number of nitrogens with zero attached hydrogens (tertiary/aromatic N) is 1. The van der Waals surface area contributed by atoms with Crippen LogP contribution in [-0.4, -0.2) is 54.5 Å². The molecule has 2 N–H and O–H groups in total. The maximum atomic E-state index is 12.6. The molecule has 5 nitrogen and oxygen atoms in total. The monoisotopic (exact) mass is 332 g/mol. The fourth-order valence-electron chi connectivity index (χ4n) is 3.50. The number of hydrogen-bond donors (Lipinski definition) is 2. The molecule has 1 aliphatic carbocycles. The summed E-state index contributed by atoms with van der Waals surface area (Å²) in [6.07, 6.45) is 3.49. The Morgan fingerprint density at radius 2 is 2.17 bits per heavy atom. The highest BCUT2D eigenvalue weighted by molar-refractivity contribution is 5.74. The van der Waals surface area contributed by atoms with Gasteiger partial charge in [-0.2, -0.15) is 0 Å². The zero-order valence-electron chi connectivity index (χ0n) is 14.4. The zero-order chi connectivity index (χ0) is 17.0. The van der Waals surface area contributed by atoms with Gasteiger partial charge in [0.25, 0.3) is 0 Å². The van der Waals surface area contributed by atoms with Gasteiger partial charge in [0.15, 0.2) is 0 Å². The van der Waals surface area contributed by atoms with Gasteiger partial charge in [0.2, 0.25) is 0 Å². The molecular formula is C19H28N2O3. The van der Waals surface area contributed by atoms with Crippen LogP contribution in [0.4, 0.5) is 4.79 Å². The van der Waals surface area contributed by atoms with Gasteiger partial charge in [-0.3, -0.25) is 0 Å². The van der Waals surface area contributed by atoms with E-state index >= 15 is 0 Å². The van der Waals surface area contributed by atoms with E-state index in [9.17, 15) is 9.90 Å². The number of aliphatic hydroxyl groups excluding tert-OH is 1. The number of carbonyl (C=O) groups excluding carboxylic acids is 1. The first-order valence-electron chi connectivity index (χ1n) is 8.92. The number of hydrogen-bond acceptors (Lipinski definition) is 3. The van der Waals surface area contributed by atoms with Crippen LogP contribution in [0.2, 0.25) is 0 Å². The summed E-state index contributed by atoms with van der Waals surface area (Å²) < 4.78 is 5.47. The molecule has 2 amide bonds. The quantitative estimate of drug-likeness (QED) is 0.839. The van der Waals surface area contributed by atoms with Crippen LogP contribution in [0.1, 0.15) is 31.7 Å². The summed E-state index contributed by atoms with van der Waals surface area (Å²) >= 11 is 0. The molecule has 5 heteroatoms. The third-order valence-electron chi connectivity index (χ3n) is 5.10. The van der Waals surface area contributed by atoms with Crippen LogP contribution in [-0.2, 0) is 11.2 Å². The predicted molar refractivity (Wildman–Crippen MR) is 92.8 cm³/mol. The minimum atomic E-state index is -0.431. The topological polar surface area (TPSA) is 61.8 Å². The molecule has 0 bridgehead atoms. The van der Waals surface area contributed by atoms with Crippen LogP contribution in [0.3, 0.4) is 0 Å². The highest BCUT2D eigenvalue weighted by atomic mass is 16.5. The van der Waals surface area contributed by atoms with Crippen LogP contribution in [0, 0.1) is 5.41 Å². The first-order valence-corrected chi connectivity index (χ1v) is 8.92. The molecule has 24 heavy (non-hydrogen) atoms. The molecule has 1 aliphatic heterocycles. The van der Waals surface area contributed by atoms with Crippen LogP contribution in [0.5, 0.6) is 0 Å². The maximum absolute atomic E-state index is 12.6. The number of rotatable bonds is 6. The largest absolute Gasteiger partial charge is 0.393 e. The average molecular weight is 332 g/mol. The van der Waals surface area contributed by atoms with Gasteiger partial charge in [0.05, 0.1) is 25.4 Å². The Morgan fingerprint density at radius 1 is 1.42 bits per heavy atom. The Kier molecular flexibility index (Phi) is 5.41. The maximum Gasteiger partial charge on any atom is 0.317 e. The molecule has 2 atom stereocenters. The van der Waals surface area contributed by atoms with Crippen molar-refractivity contribution in [2.24, 2.45) is 5.41 Å². The molecule has 0 aromatic heterocycles. The summed E-state index contributed by atoms with van der Waals surface area (Å²) in [5.74, 6) is 0. The second kappa shape index (κ2) is 7.53. The second-order valence-corrected chi connectivity index (χ2v) is 7.33. The van der Waals surface area contributed by atoms with Crippen molar-refractivity contribution in [3.63, 3.8) is 0 Å². The zero-order valence-corrected chi connectivity index (χ0v) is 14.4. The minimum Gasteiger partial charge on any atom is -0.393 e. The third-order valence-corrected chi connectivity index (χ3v) is 5.10. The molecule has 0 unspecified atom stereocenters. The molecule has 3 rings (SSSR count). The average Bonchev–Trinajstić information content (AvgIpc) is 3.33. The summed E-state index contributed by atoms with van der Waals surface area (Å²) in [7, 11) is 0. The van der Waals surface area contributed by atoms with Crippen molar-refractivity contribution < 1.29 is 14.6 Å². The lowest BCUT2D eigenvalue weighted by Crippen LogP contribution is -2.54. The van der Waals surface area contributed by atoms with Gasteiger partial charge in [-0.05, 0) is 43.6 Å². The Morgan fingerprint density at radius 3 is 2.83 bits per heavy atom. The molecule has 1 aromatic rings. The molecule has 2 fully saturated rings. The van der Waals surface area contributed by atoms with Crippen molar-refractivity contribution in [1.29, 1.82) is 0 Å². The van der Waals surface area contributed by atoms with E-state index in [2.05, 4.69) is 29.6 Å². The Balaban J connectivity index is 1.52. The highest BCUT2D eigenvalue weighted by Gasteiger charge is 2.43. The van der Waals surface area contributed by atoms with Crippen LogP contribution in [0.15, 0.2) is 30.3 Å². The number of benzene rings is 1. The van der Waals surface area contributed by atoms with E-state index in [1.165, 1.54) is 18.4 Å². The molecule has 1 saturated carbocycles. The summed E-state index contributed by atoms with van der Waals surface area (Å²) in [5.41, 5.74) is 1.56. The molecule has 1 aromatic carbocycles. The fourth-order valence-corrected chi connectivity index (χ4v) is 3.50. The normalized spacial score (nSPS) is 23.6. The number of nitrogens with one attached hydrogen (secondary N) is 1. The molecule has 132 valence electrons. The van der Waals surface area contributed by atoms with Crippen LogP contribution in [0.25, 0.3) is 0 Å². The third kappa shape index (κ3) is 4.48. The van der Waals surface area contributed by atoms with Crippen molar-refractivity contribution in [1.82, 2.24) is 10.2 Å². The van der Waals surface area contributed by atoms with Gasteiger partial charge in [0.1, 0.15) is 0 Å². The number of aliphatic hydroxyl groups is 1. The number of carbonyl (C=O) groups is 1. The van der Waals surface area contributed by atoms with Gasteiger partial charge in [0, 0.05) is 13.1 Å². The number of urea groups is 1. The molecule has 2 aliphatic rings. The van der Waals surface area contributed by atoms with E-state index in [4.69, 9.17) is 4.74 Å². The van der Waals surface area contributed by atoms with Crippen molar-refractivity contribution in [3.05, 3.63) is 35.9 Å². The fraction of sp³-hybridized carbons (Fsp3) is 0.632. The lowest BCUT2D eigenvalue weighted by atomic mass is 9.96. The van der Waals surface area contributed by atoms with Gasteiger partial charge in [-0.25, -0.2) is 4.79 Å². The summed E-state index contributed by atoms with van der Waals surface area (Å²) in [5, 5.41) is 12.8. The predicted octanol–water partition coefficient (Wildman–Crippen LogP) is 2.19. The summed E-state index contributed by atoms with van der Waals surface area (Å²) in [6, 6.07) is 10.4. The van der Waals surface area contributed by atoms with E-state index in [1.807, 2.05) is 11.0 Å². The first kappa shape index (κ1) is 17.2. The van der Waals surface area contributed by atoms with Crippen molar-refractivity contribution in [3.8, 4) is 0 Å². The smallest absolute Gasteiger partial charge is 0.317 e. The number of morpholine rings is 1. The SMILES string of the molecule is C[C@H](O)C[C@H]1COCCN1C(=O)NCC1(Cc2ccccc2)CC1. The van der Waals surface area contributed by atoms with Crippen molar-refractivity contribution in [2.75, 3.05) is 26.3 Å². The Labute approximate surface area is 144 Å². The molecule has 1 heterocycles. The first-order chi connectivity index (χ1) is 11.6. The van der Waals surface area contributed by atoms with E-state index in [0.717, 1.165) is 13.0 Å². The Hall–Kier alpha value is -1.59.